The Kier molecular flexibility index (Phi) is 4.34. The van der Waals surface area contributed by atoms with Gasteiger partial charge in [-0.15, -0.1) is 0 Å². The number of hydrogen-bond acceptors (Lipinski definition) is 4. The van der Waals surface area contributed by atoms with Gasteiger partial charge in [0.25, 0.3) is 0 Å². The van der Waals surface area contributed by atoms with E-state index in [-0.39, 0.29) is 11.3 Å². The third-order valence-corrected chi connectivity index (χ3v) is 3.11. The van der Waals surface area contributed by atoms with Gasteiger partial charge in [-0.2, -0.15) is 0 Å². The third kappa shape index (κ3) is 3.57. The number of anilines is 1. The molecule has 1 unspecified atom stereocenters. The molecule has 1 fully saturated rings. The molecule has 1 aromatic rings. The Hall–Kier alpha value is -2.37. The first-order valence-electron chi connectivity index (χ1n) is 6.46. The van der Waals surface area contributed by atoms with E-state index in [1.165, 1.54) is 6.07 Å². The van der Waals surface area contributed by atoms with E-state index in [9.17, 15) is 14.4 Å². The van der Waals surface area contributed by atoms with Gasteiger partial charge < -0.3 is 15.8 Å². The van der Waals surface area contributed by atoms with Crippen LogP contribution in [0.3, 0.4) is 0 Å². The zero-order valence-corrected chi connectivity index (χ0v) is 10.9. The highest BCUT2D eigenvalue weighted by Crippen LogP contribution is 2.19. The summed E-state index contributed by atoms with van der Waals surface area (Å²) < 4.78 is 5.22. The predicted molar refractivity (Wildman–Crippen MR) is 72.3 cm³/mol. The summed E-state index contributed by atoms with van der Waals surface area (Å²) in [7, 11) is 0. The summed E-state index contributed by atoms with van der Waals surface area (Å²) in [6.07, 6.45) is 2.12. The van der Waals surface area contributed by atoms with Crippen LogP contribution in [0.15, 0.2) is 24.3 Å². The molecule has 20 heavy (non-hydrogen) atoms. The average molecular weight is 276 g/mol. The van der Waals surface area contributed by atoms with Crippen LogP contribution in [0.1, 0.15) is 36.0 Å². The van der Waals surface area contributed by atoms with Gasteiger partial charge in [-0.05, 0) is 37.5 Å². The minimum atomic E-state index is -0.710. The fourth-order valence-electron chi connectivity index (χ4n) is 2.14. The molecule has 1 aromatic carbocycles. The third-order valence-electron chi connectivity index (χ3n) is 3.11. The Labute approximate surface area is 116 Å². The van der Waals surface area contributed by atoms with Crippen molar-refractivity contribution in [2.75, 3.05) is 5.32 Å². The van der Waals surface area contributed by atoms with Crippen molar-refractivity contribution in [3.63, 3.8) is 0 Å². The van der Waals surface area contributed by atoms with E-state index in [4.69, 9.17) is 10.5 Å². The van der Waals surface area contributed by atoms with Crippen LogP contribution in [-0.4, -0.2) is 23.9 Å². The van der Waals surface area contributed by atoms with Crippen LogP contribution in [0.5, 0.6) is 0 Å². The van der Waals surface area contributed by atoms with Crippen molar-refractivity contribution in [3.8, 4) is 0 Å². The number of carbonyl (C=O) groups is 3. The lowest BCUT2D eigenvalue weighted by Gasteiger charge is -2.20. The SMILES string of the molecule is NC(=O)Nc1cccc(C(=O)OC2CCCCC2=O)c1. The largest absolute Gasteiger partial charge is 0.451 e. The van der Waals surface area contributed by atoms with Crippen LogP contribution < -0.4 is 11.1 Å². The summed E-state index contributed by atoms with van der Waals surface area (Å²) in [4.78, 5) is 34.4. The Morgan fingerprint density at radius 2 is 2.10 bits per heavy atom. The van der Waals surface area contributed by atoms with Crippen molar-refractivity contribution in [3.05, 3.63) is 29.8 Å². The number of benzene rings is 1. The van der Waals surface area contributed by atoms with Crippen molar-refractivity contribution in [1.82, 2.24) is 0 Å². The number of nitrogens with two attached hydrogens (primary N) is 1. The van der Waals surface area contributed by atoms with Gasteiger partial charge in [-0.1, -0.05) is 6.07 Å². The van der Waals surface area contributed by atoms with Gasteiger partial charge in [0.05, 0.1) is 5.56 Å². The van der Waals surface area contributed by atoms with E-state index in [0.29, 0.717) is 18.5 Å². The second-order valence-electron chi connectivity index (χ2n) is 4.68. The van der Waals surface area contributed by atoms with Gasteiger partial charge in [0.2, 0.25) is 0 Å². The minimum Gasteiger partial charge on any atom is -0.451 e. The highest BCUT2D eigenvalue weighted by atomic mass is 16.5. The highest BCUT2D eigenvalue weighted by molar-refractivity contribution is 5.95. The van der Waals surface area contributed by atoms with Gasteiger partial charge in [0.15, 0.2) is 11.9 Å². The number of ketones is 1. The number of hydrogen-bond donors (Lipinski definition) is 2. The maximum Gasteiger partial charge on any atom is 0.338 e. The number of primary amides is 1. The first-order chi connectivity index (χ1) is 9.56. The van der Waals surface area contributed by atoms with Crippen molar-refractivity contribution < 1.29 is 19.1 Å². The second kappa shape index (κ2) is 6.18. The minimum absolute atomic E-state index is 0.0315. The second-order valence-corrected chi connectivity index (χ2v) is 4.68. The molecule has 0 spiro atoms. The molecule has 1 aliphatic carbocycles. The fourth-order valence-corrected chi connectivity index (χ4v) is 2.14. The van der Waals surface area contributed by atoms with Crippen molar-refractivity contribution in [1.29, 1.82) is 0 Å². The smallest absolute Gasteiger partial charge is 0.338 e. The molecular formula is C14H16N2O4. The summed E-state index contributed by atoms with van der Waals surface area (Å²) in [6.45, 7) is 0. The Balaban J connectivity index is 2.05. The number of amides is 2. The maximum absolute atomic E-state index is 12.0. The molecule has 1 aliphatic rings. The Morgan fingerprint density at radius 3 is 2.80 bits per heavy atom. The first-order valence-corrected chi connectivity index (χ1v) is 6.46. The van der Waals surface area contributed by atoms with Crippen molar-refractivity contribution in [2.45, 2.75) is 31.8 Å². The molecule has 0 bridgehead atoms. The lowest BCUT2D eigenvalue weighted by atomic mass is 9.96. The van der Waals surface area contributed by atoms with E-state index in [2.05, 4.69) is 5.32 Å². The first kappa shape index (κ1) is 14.0. The molecule has 2 rings (SSSR count). The molecule has 0 heterocycles. The molecule has 0 aromatic heterocycles. The number of urea groups is 1. The zero-order valence-electron chi connectivity index (χ0n) is 10.9. The van der Waals surface area contributed by atoms with Crippen LogP contribution in [-0.2, 0) is 9.53 Å². The summed E-state index contributed by atoms with van der Waals surface area (Å²) >= 11 is 0. The quantitative estimate of drug-likeness (QED) is 0.823. The zero-order chi connectivity index (χ0) is 14.5. The van der Waals surface area contributed by atoms with Gasteiger partial charge in [0, 0.05) is 12.1 Å². The standard InChI is InChI=1S/C14H16N2O4/c15-14(19)16-10-5-3-4-9(8-10)13(18)20-12-7-2-1-6-11(12)17/h3-5,8,12H,1-2,6-7H2,(H3,15,16,19). The molecule has 1 atom stereocenters. The monoisotopic (exact) mass is 276 g/mol. The molecule has 1 saturated carbocycles. The van der Waals surface area contributed by atoms with Crippen molar-refractivity contribution >= 4 is 23.5 Å². The molecular weight excluding hydrogens is 260 g/mol. The van der Waals surface area contributed by atoms with Crippen molar-refractivity contribution in [2.24, 2.45) is 5.73 Å². The number of nitrogens with one attached hydrogen (secondary N) is 1. The molecule has 2 amide bonds. The Morgan fingerprint density at radius 1 is 1.30 bits per heavy atom. The highest BCUT2D eigenvalue weighted by Gasteiger charge is 2.26. The normalized spacial score (nSPS) is 18.4. The van der Waals surface area contributed by atoms with E-state index in [1.54, 1.807) is 18.2 Å². The fraction of sp³-hybridized carbons (Fsp3) is 0.357. The van der Waals surface area contributed by atoms with Crippen LogP contribution in [0.2, 0.25) is 0 Å². The van der Waals surface area contributed by atoms with Gasteiger partial charge in [0.1, 0.15) is 0 Å². The number of ether oxygens (including phenoxy) is 1. The number of carbonyl (C=O) groups excluding carboxylic acids is 3. The topological polar surface area (TPSA) is 98.5 Å². The number of esters is 1. The maximum atomic E-state index is 12.0. The van der Waals surface area contributed by atoms with E-state index < -0.39 is 18.1 Å². The lowest BCUT2D eigenvalue weighted by molar-refractivity contribution is -0.129. The number of rotatable bonds is 3. The predicted octanol–water partition coefficient (Wildman–Crippen LogP) is 1.85. The van der Waals surface area contributed by atoms with Crippen LogP contribution >= 0.6 is 0 Å². The van der Waals surface area contributed by atoms with Gasteiger partial charge in [-0.3, -0.25) is 4.79 Å². The molecule has 6 heteroatoms. The molecule has 106 valence electrons. The molecule has 0 aliphatic heterocycles. The number of Topliss-reactive ketones (excluding diaryl/α,β-unsaturated/α-hetero) is 1. The van der Waals surface area contributed by atoms with E-state index in [1.807, 2.05) is 0 Å². The van der Waals surface area contributed by atoms with Crippen LogP contribution in [0.25, 0.3) is 0 Å². The summed E-state index contributed by atoms with van der Waals surface area (Å²) in [5.41, 5.74) is 5.68. The molecule has 3 N–H and O–H groups in total. The Bertz CT molecular complexity index is 542. The summed E-state index contributed by atoms with van der Waals surface area (Å²) in [5.74, 6) is -0.602. The average Bonchev–Trinajstić information content (AvgIpc) is 2.41. The van der Waals surface area contributed by atoms with Crippen LogP contribution in [0, 0.1) is 0 Å². The molecule has 0 saturated heterocycles. The van der Waals surface area contributed by atoms with E-state index in [0.717, 1.165) is 12.8 Å². The molecule has 6 nitrogen and oxygen atoms in total. The van der Waals surface area contributed by atoms with Gasteiger partial charge >= 0.3 is 12.0 Å². The molecule has 0 radical (unpaired) electrons. The lowest BCUT2D eigenvalue weighted by Crippen LogP contribution is -2.30. The summed E-state index contributed by atoms with van der Waals surface area (Å²) in [5, 5.41) is 2.38. The summed E-state index contributed by atoms with van der Waals surface area (Å²) in [6, 6.07) is 5.51. The van der Waals surface area contributed by atoms with Gasteiger partial charge in [-0.25, -0.2) is 9.59 Å². The van der Waals surface area contributed by atoms with E-state index >= 15 is 0 Å². The van der Waals surface area contributed by atoms with Crippen LogP contribution in [0.4, 0.5) is 10.5 Å².